The molecular weight excluding hydrogens is 306 g/mol. The summed E-state index contributed by atoms with van der Waals surface area (Å²) in [6, 6.07) is 0. The molecule has 2 nitrogen and oxygen atoms in total. The number of rotatable bonds is 4. The Hall–Kier alpha value is -0.440. The van der Waals surface area contributed by atoms with Crippen molar-refractivity contribution in [3.63, 3.8) is 0 Å². The van der Waals surface area contributed by atoms with Crippen molar-refractivity contribution in [1.82, 2.24) is 0 Å². The minimum absolute atomic E-state index is 2.43. The van der Waals surface area contributed by atoms with Crippen LogP contribution in [0, 0.1) is 0 Å². The third-order valence-electron chi connectivity index (χ3n) is 1.30. The van der Waals surface area contributed by atoms with E-state index in [0.29, 0.717) is 0 Å². The molecule has 18 heavy (non-hydrogen) atoms. The molecule has 0 aliphatic heterocycles. The van der Waals surface area contributed by atoms with Crippen LogP contribution in [0.1, 0.15) is 0 Å². The van der Waals surface area contributed by atoms with Crippen LogP contribution in [0.15, 0.2) is 0 Å². The molecule has 0 bridgehead atoms. The monoisotopic (exact) mass is 312 g/mol. The summed E-state index contributed by atoms with van der Waals surface area (Å²) in [7, 11) is -5.53. The SMILES string of the molecule is O=P(CC(F)(F)F)(CC(F)(F)F)OCC(F)(F)F. The van der Waals surface area contributed by atoms with E-state index < -0.39 is 44.8 Å². The first-order chi connectivity index (χ1) is 7.62. The standard InChI is InChI=1S/C6H6F9O2P/c7-4(8,9)1-17-18(16,2-5(10,11)12)3-6(13,14)15/h1-3H2. The molecule has 0 aliphatic rings. The van der Waals surface area contributed by atoms with E-state index in [1.165, 1.54) is 0 Å². The van der Waals surface area contributed by atoms with Crippen molar-refractivity contribution in [1.29, 1.82) is 0 Å². The van der Waals surface area contributed by atoms with Gasteiger partial charge in [-0.05, 0) is 0 Å². The predicted octanol–water partition coefficient (Wildman–Crippen LogP) is 3.97. The highest BCUT2D eigenvalue weighted by Crippen LogP contribution is 2.54. The Morgan fingerprint density at radius 3 is 1.28 bits per heavy atom. The molecule has 0 aromatic rings. The smallest absolute Gasteiger partial charge is 0.318 e. The Labute approximate surface area is 94.5 Å². The highest BCUT2D eigenvalue weighted by atomic mass is 31.2. The number of alkyl halides is 9. The lowest BCUT2D eigenvalue weighted by Gasteiger charge is -2.21. The highest BCUT2D eigenvalue weighted by Gasteiger charge is 2.48. The zero-order valence-electron chi connectivity index (χ0n) is 8.29. The van der Waals surface area contributed by atoms with Crippen LogP contribution in [-0.2, 0) is 9.09 Å². The molecule has 0 rings (SSSR count). The van der Waals surface area contributed by atoms with Crippen LogP contribution in [0.4, 0.5) is 39.5 Å². The van der Waals surface area contributed by atoms with Gasteiger partial charge in [0.05, 0.1) is 0 Å². The van der Waals surface area contributed by atoms with Gasteiger partial charge < -0.3 is 4.52 Å². The molecule has 0 heterocycles. The Balaban J connectivity index is 4.88. The largest absolute Gasteiger partial charge is 0.412 e. The zero-order valence-corrected chi connectivity index (χ0v) is 9.18. The van der Waals surface area contributed by atoms with E-state index in [1.807, 2.05) is 0 Å². The van der Waals surface area contributed by atoms with E-state index >= 15 is 0 Å². The molecule has 0 aliphatic carbocycles. The lowest BCUT2D eigenvalue weighted by Crippen LogP contribution is -2.26. The van der Waals surface area contributed by atoms with Gasteiger partial charge in [-0.25, -0.2) is 0 Å². The van der Waals surface area contributed by atoms with Crippen LogP contribution in [0.3, 0.4) is 0 Å². The fraction of sp³-hybridized carbons (Fsp3) is 1.00. The van der Waals surface area contributed by atoms with Crippen LogP contribution in [0.25, 0.3) is 0 Å². The van der Waals surface area contributed by atoms with Gasteiger partial charge in [0, 0.05) is 0 Å². The highest BCUT2D eigenvalue weighted by molar-refractivity contribution is 7.59. The Morgan fingerprint density at radius 2 is 1.06 bits per heavy atom. The van der Waals surface area contributed by atoms with Gasteiger partial charge in [0.15, 0.2) is 0 Å². The van der Waals surface area contributed by atoms with Gasteiger partial charge in [-0.3, -0.25) is 4.57 Å². The minimum Gasteiger partial charge on any atom is -0.318 e. The van der Waals surface area contributed by atoms with Gasteiger partial charge in [0.25, 0.3) is 0 Å². The summed E-state index contributed by atoms with van der Waals surface area (Å²) in [5.41, 5.74) is 0. The summed E-state index contributed by atoms with van der Waals surface area (Å²) in [5.74, 6) is 0. The zero-order chi connectivity index (χ0) is 14.8. The van der Waals surface area contributed by atoms with E-state index in [-0.39, 0.29) is 0 Å². The van der Waals surface area contributed by atoms with Gasteiger partial charge in [-0.1, -0.05) is 0 Å². The molecular formula is C6H6F9O2P. The molecule has 0 aromatic carbocycles. The number of halogens is 9. The molecule has 0 N–H and O–H groups in total. The maximum atomic E-state index is 11.8. The fourth-order valence-corrected chi connectivity index (χ4v) is 2.65. The van der Waals surface area contributed by atoms with E-state index in [1.54, 1.807) is 0 Å². The van der Waals surface area contributed by atoms with Gasteiger partial charge in [0.2, 0.25) is 7.37 Å². The van der Waals surface area contributed by atoms with Gasteiger partial charge in [-0.15, -0.1) is 0 Å². The molecule has 110 valence electrons. The van der Waals surface area contributed by atoms with Crippen LogP contribution in [0.2, 0.25) is 0 Å². The second kappa shape index (κ2) is 5.28. The van der Waals surface area contributed by atoms with Crippen molar-refractivity contribution in [3.8, 4) is 0 Å². The second-order valence-electron chi connectivity index (χ2n) is 3.25. The lowest BCUT2D eigenvalue weighted by atomic mass is 10.7. The van der Waals surface area contributed by atoms with E-state index in [0.717, 1.165) is 0 Å². The van der Waals surface area contributed by atoms with Crippen LogP contribution >= 0.6 is 7.37 Å². The maximum absolute atomic E-state index is 11.8. The molecule has 12 heteroatoms. The van der Waals surface area contributed by atoms with E-state index in [2.05, 4.69) is 4.52 Å². The molecule has 0 radical (unpaired) electrons. The van der Waals surface area contributed by atoms with Gasteiger partial charge >= 0.3 is 18.5 Å². The molecule has 0 atom stereocenters. The van der Waals surface area contributed by atoms with Crippen molar-refractivity contribution in [3.05, 3.63) is 0 Å². The summed E-state index contributed by atoms with van der Waals surface area (Å²) < 4.78 is 120. The van der Waals surface area contributed by atoms with Gasteiger partial charge in [0.1, 0.15) is 18.9 Å². The van der Waals surface area contributed by atoms with Crippen LogP contribution in [-0.4, -0.2) is 37.5 Å². The molecule has 0 unspecified atom stereocenters. The molecule has 0 spiro atoms. The summed E-state index contributed by atoms with van der Waals surface area (Å²) in [4.78, 5) is 0. The number of hydrogen-bond donors (Lipinski definition) is 0. The number of hydrogen-bond acceptors (Lipinski definition) is 2. The van der Waals surface area contributed by atoms with Crippen LogP contribution < -0.4 is 0 Å². The minimum atomic E-state index is -5.53. The Kier molecular flexibility index (Phi) is 5.15. The average Bonchev–Trinajstić information content (AvgIpc) is 1.91. The van der Waals surface area contributed by atoms with Crippen molar-refractivity contribution in [2.45, 2.75) is 18.5 Å². The van der Waals surface area contributed by atoms with E-state index in [9.17, 15) is 44.1 Å². The maximum Gasteiger partial charge on any atom is 0.412 e. The average molecular weight is 312 g/mol. The summed E-state index contributed by atoms with van der Waals surface area (Å²) in [5, 5.41) is 0. The molecule has 0 saturated carbocycles. The topological polar surface area (TPSA) is 26.3 Å². The quantitative estimate of drug-likeness (QED) is 0.580. The Bertz CT molecular complexity index is 294. The first-order valence-electron chi connectivity index (χ1n) is 4.05. The summed E-state index contributed by atoms with van der Waals surface area (Å²) in [6.07, 6.45) is -20.9. The normalized spacial score (nSPS) is 14.9. The first kappa shape index (κ1) is 17.6. The van der Waals surface area contributed by atoms with Crippen molar-refractivity contribution in [2.75, 3.05) is 18.9 Å². The molecule has 0 amide bonds. The molecule has 0 aromatic heterocycles. The third kappa shape index (κ3) is 9.58. The Morgan fingerprint density at radius 1 is 0.722 bits per heavy atom. The summed E-state index contributed by atoms with van der Waals surface area (Å²) in [6.45, 7) is -2.43. The molecule has 0 fully saturated rings. The van der Waals surface area contributed by atoms with Crippen molar-refractivity contribution >= 4 is 7.37 Å². The van der Waals surface area contributed by atoms with Crippen molar-refractivity contribution < 1.29 is 48.6 Å². The lowest BCUT2D eigenvalue weighted by molar-refractivity contribution is -0.157. The predicted molar refractivity (Wildman–Crippen MR) is 41.5 cm³/mol. The first-order valence-corrected chi connectivity index (χ1v) is 6.04. The van der Waals surface area contributed by atoms with Gasteiger partial charge in [-0.2, -0.15) is 39.5 Å². The molecule has 0 saturated heterocycles. The van der Waals surface area contributed by atoms with E-state index in [4.69, 9.17) is 0 Å². The second-order valence-corrected chi connectivity index (χ2v) is 5.77. The summed E-state index contributed by atoms with van der Waals surface area (Å²) >= 11 is 0. The van der Waals surface area contributed by atoms with Crippen LogP contribution in [0.5, 0.6) is 0 Å². The third-order valence-corrected chi connectivity index (χ3v) is 3.58. The fourth-order valence-electron chi connectivity index (χ4n) is 0.884. The van der Waals surface area contributed by atoms with Crippen molar-refractivity contribution in [2.24, 2.45) is 0 Å².